The monoisotopic (exact) mass is 370 g/mol. The van der Waals surface area contributed by atoms with Crippen molar-refractivity contribution in [1.82, 2.24) is 9.62 Å². The van der Waals surface area contributed by atoms with Gasteiger partial charge in [0.25, 0.3) is 5.91 Å². The van der Waals surface area contributed by atoms with Crippen LogP contribution in [0.25, 0.3) is 0 Å². The zero-order chi connectivity index (χ0) is 19.2. The maximum absolute atomic E-state index is 12.6. The SMILES string of the molecule is CCC(C)NS(=O)(=O)c1ccc(C(=O)N(CCC(=O)O)C(C)C)cc1. The van der Waals surface area contributed by atoms with Gasteiger partial charge in [0.2, 0.25) is 10.0 Å². The van der Waals surface area contributed by atoms with Crippen LogP contribution in [0.4, 0.5) is 0 Å². The van der Waals surface area contributed by atoms with Crippen LogP contribution in [-0.2, 0) is 14.8 Å². The van der Waals surface area contributed by atoms with Crippen LogP contribution in [0.5, 0.6) is 0 Å². The van der Waals surface area contributed by atoms with E-state index in [0.717, 1.165) is 0 Å². The molecule has 1 amide bonds. The predicted molar refractivity (Wildman–Crippen MR) is 94.9 cm³/mol. The lowest BCUT2D eigenvalue weighted by Gasteiger charge is -2.26. The molecule has 7 nitrogen and oxygen atoms in total. The molecule has 0 saturated carbocycles. The number of carboxylic acids is 1. The molecule has 0 spiro atoms. The summed E-state index contributed by atoms with van der Waals surface area (Å²) in [6, 6.07) is 5.32. The highest BCUT2D eigenvalue weighted by molar-refractivity contribution is 7.89. The molecule has 2 N–H and O–H groups in total. The molecule has 1 aromatic rings. The van der Waals surface area contributed by atoms with E-state index < -0.39 is 16.0 Å². The number of carbonyl (C=O) groups is 2. The number of rotatable bonds is 9. The molecule has 0 bridgehead atoms. The summed E-state index contributed by atoms with van der Waals surface area (Å²) in [7, 11) is -3.62. The summed E-state index contributed by atoms with van der Waals surface area (Å²) in [6.07, 6.45) is 0.526. The number of aliphatic carboxylic acids is 1. The van der Waals surface area contributed by atoms with Crippen LogP contribution in [0.15, 0.2) is 29.2 Å². The number of amides is 1. The number of nitrogens with one attached hydrogen (secondary N) is 1. The first-order valence-electron chi connectivity index (χ1n) is 8.23. The van der Waals surface area contributed by atoms with Crippen molar-refractivity contribution in [3.8, 4) is 0 Å². The summed E-state index contributed by atoms with van der Waals surface area (Å²) in [5.74, 6) is -1.30. The van der Waals surface area contributed by atoms with Crippen LogP contribution in [0.1, 0.15) is 50.9 Å². The average Bonchev–Trinajstić information content (AvgIpc) is 2.53. The van der Waals surface area contributed by atoms with E-state index >= 15 is 0 Å². The Bertz CT molecular complexity index is 698. The molecule has 0 aliphatic rings. The van der Waals surface area contributed by atoms with Crippen molar-refractivity contribution in [2.75, 3.05) is 6.54 Å². The Morgan fingerprint density at radius 1 is 1.16 bits per heavy atom. The molecule has 0 aromatic heterocycles. The highest BCUT2D eigenvalue weighted by Crippen LogP contribution is 2.15. The van der Waals surface area contributed by atoms with Gasteiger partial charge in [-0.1, -0.05) is 6.92 Å². The van der Waals surface area contributed by atoms with Gasteiger partial charge in [0.15, 0.2) is 0 Å². The fraction of sp³-hybridized carbons (Fsp3) is 0.529. The van der Waals surface area contributed by atoms with E-state index in [4.69, 9.17) is 5.11 Å². The number of sulfonamides is 1. The first-order valence-corrected chi connectivity index (χ1v) is 9.72. The molecular weight excluding hydrogens is 344 g/mol. The second-order valence-corrected chi connectivity index (χ2v) is 7.90. The quantitative estimate of drug-likeness (QED) is 0.693. The molecule has 25 heavy (non-hydrogen) atoms. The van der Waals surface area contributed by atoms with Gasteiger partial charge in [-0.2, -0.15) is 0 Å². The lowest BCUT2D eigenvalue weighted by atomic mass is 10.1. The third kappa shape index (κ3) is 6.13. The van der Waals surface area contributed by atoms with Gasteiger partial charge in [-0.15, -0.1) is 0 Å². The molecule has 1 unspecified atom stereocenters. The summed E-state index contributed by atoms with van der Waals surface area (Å²) in [5.41, 5.74) is 0.321. The number of hydrogen-bond acceptors (Lipinski definition) is 4. The Morgan fingerprint density at radius 3 is 2.16 bits per heavy atom. The van der Waals surface area contributed by atoms with Crippen LogP contribution in [-0.4, -0.2) is 48.9 Å². The zero-order valence-corrected chi connectivity index (χ0v) is 15.8. The maximum atomic E-state index is 12.6. The van der Waals surface area contributed by atoms with Gasteiger partial charge < -0.3 is 10.0 Å². The average molecular weight is 370 g/mol. The number of carboxylic acid groups (broad SMARTS) is 1. The third-order valence-electron chi connectivity index (χ3n) is 3.83. The fourth-order valence-electron chi connectivity index (χ4n) is 2.17. The number of hydrogen-bond donors (Lipinski definition) is 2. The van der Waals surface area contributed by atoms with Crippen molar-refractivity contribution in [2.45, 2.75) is 57.5 Å². The van der Waals surface area contributed by atoms with Gasteiger partial charge in [0.1, 0.15) is 0 Å². The molecule has 0 radical (unpaired) electrons. The molecule has 0 fully saturated rings. The first-order chi connectivity index (χ1) is 11.6. The third-order valence-corrected chi connectivity index (χ3v) is 5.44. The Morgan fingerprint density at radius 2 is 1.72 bits per heavy atom. The van der Waals surface area contributed by atoms with E-state index in [1.54, 1.807) is 20.8 Å². The molecule has 1 atom stereocenters. The highest BCUT2D eigenvalue weighted by Gasteiger charge is 2.21. The van der Waals surface area contributed by atoms with Crippen LogP contribution < -0.4 is 4.72 Å². The standard InChI is InChI=1S/C17H26N2O5S/c1-5-13(4)18-25(23,24)15-8-6-14(7-9-15)17(22)19(12(2)3)11-10-16(20)21/h6-9,12-13,18H,5,10-11H2,1-4H3,(H,20,21). The van der Waals surface area contributed by atoms with Crippen LogP contribution in [0.3, 0.4) is 0 Å². The Labute approximate surface area is 149 Å². The first kappa shape index (κ1) is 21.1. The Hall–Kier alpha value is -1.93. The molecule has 0 saturated heterocycles. The van der Waals surface area contributed by atoms with Crippen molar-refractivity contribution < 1.29 is 23.1 Å². The lowest BCUT2D eigenvalue weighted by Crippen LogP contribution is -2.38. The lowest BCUT2D eigenvalue weighted by molar-refractivity contribution is -0.137. The molecular formula is C17H26N2O5S. The number of benzene rings is 1. The van der Waals surface area contributed by atoms with Crippen molar-refractivity contribution >= 4 is 21.9 Å². The topological polar surface area (TPSA) is 104 Å². The molecule has 1 rings (SSSR count). The van der Waals surface area contributed by atoms with Crippen molar-refractivity contribution in [3.05, 3.63) is 29.8 Å². The van der Waals surface area contributed by atoms with E-state index in [9.17, 15) is 18.0 Å². The van der Waals surface area contributed by atoms with Gasteiger partial charge in [0, 0.05) is 24.2 Å². The highest BCUT2D eigenvalue weighted by atomic mass is 32.2. The van der Waals surface area contributed by atoms with Crippen molar-refractivity contribution in [1.29, 1.82) is 0 Å². The number of nitrogens with zero attached hydrogens (tertiary/aromatic N) is 1. The zero-order valence-electron chi connectivity index (χ0n) is 15.0. The van der Waals surface area contributed by atoms with Gasteiger partial charge in [-0.25, -0.2) is 13.1 Å². The minimum Gasteiger partial charge on any atom is -0.481 e. The minimum atomic E-state index is -3.62. The summed E-state index contributed by atoms with van der Waals surface area (Å²) in [5, 5.41) is 8.80. The minimum absolute atomic E-state index is 0.0889. The summed E-state index contributed by atoms with van der Waals surface area (Å²) in [6.45, 7) is 7.36. The second-order valence-electron chi connectivity index (χ2n) is 6.19. The molecule has 0 aliphatic carbocycles. The summed E-state index contributed by atoms with van der Waals surface area (Å²) >= 11 is 0. The van der Waals surface area contributed by atoms with E-state index in [-0.39, 0.29) is 35.9 Å². The van der Waals surface area contributed by atoms with Crippen molar-refractivity contribution in [2.24, 2.45) is 0 Å². The predicted octanol–water partition coefficient (Wildman–Crippen LogP) is 2.09. The second kappa shape index (κ2) is 8.96. The van der Waals surface area contributed by atoms with E-state index in [1.165, 1.54) is 29.2 Å². The fourth-order valence-corrected chi connectivity index (χ4v) is 3.50. The molecule has 8 heteroatoms. The van der Waals surface area contributed by atoms with E-state index in [0.29, 0.717) is 12.0 Å². The van der Waals surface area contributed by atoms with Crippen LogP contribution in [0, 0.1) is 0 Å². The molecule has 0 aliphatic heterocycles. The van der Waals surface area contributed by atoms with Crippen LogP contribution in [0.2, 0.25) is 0 Å². The van der Waals surface area contributed by atoms with Gasteiger partial charge in [0.05, 0.1) is 11.3 Å². The summed E-state index contributed by atoms with van der Waals surface area (Å²) in [4.78, 5) is 24.8. The van der Waals surface area contributed by atoms with Crippen molar-refractivity contribution in [3.63, 3.8) is 0 Å². The number of carbonyl (C=O) groups excluding carboxylic acids is 1. The molecule has 1 aromatic carbocycles. The maximum Gasteiger partial charge on any atom is 0.305 e. The van der Waals surface area contributed by atoms with E-state index in [2.05, 4.69) is 4.72 Å². The van der Waals surface area contributed by atoms with Gasteiger partial charge in [-0.3, -0.25) is 9.59 Å². The Balaban J connectivity index is 2.96. The molecule has 0 heterocycles. The largest absolute Gasteiger partial charge is 0.481 e. The molecule has 140 valence electrons. The summed E-state index contributed by atoms with van der Waals surface area (Å²) < 4.78 is 27.0. The van der Waals surface area contributed by atoms with Gasteiger partial charge >= 0.3 is 5.97 Å². The normalized spacial score (nSPS) is 12.8. The van der Waals surface area contributed by atoms with E-state index in [1.807, 2.05) is 6.92 Å². The Kier molecular flexibility index (Phi) is 7.57. The van der Waals surface area contributed by atoms with Gasteiger partial charge in [-0.05, 0) is 51.5 Å². The smallest absolute Gasteiger partial charge is 0.305 e. The van der Waals surface area contributed by atoms with Crippen LogP contribution >= 0.6 is 0 Å².